The van der Waals surface area contributed by atoms with Gasteiger partial charge in [-0.3, -0.25) is 4.98 Å². The molecule has 0 radical (unpaired) electrons. The molecule has 0 fully saturated rings. The van der Waals surface area contributed by atoms with Gasteiger partial charge in [-0.15, -0.1) is 0 Å². The predicted octanol–water partition coefficient (Wildman–Crippen LogP) is 3.94. The van der Waals surface area contributed by atoms with Gasteiger partial charge < -0.3 is 4.42 Å². The number of hydrogen-bond acceptors (Lipinski definition) is 2. The second-order valence-electron chi connectivity index (χ2n) is 3.53. The molecule has 0 unspecified atom stereocenters. The smallest absolute Gasteiger partial charge is 0.160 e. The Morgan fingerprint density at radius 2 is 2.20 bits per heavy atom. The molecule has 0 spiro atoms. The average Bonchev–Trinajstić information content (AvgIpc) is 2.59. The van der Waals surface area contributed by atoms with Gasteiger partial charge in [0.05, 0.1) is 5.02 Å². The molecule has 0 N–H and O–H groups in total. The molecule has 3 heteroatoms. The molecule has 3 aromatic rings. The highest BCUT2D eigenvalue weighted by Crippen LogP contribution is 2.31. The van der Waals surface area contributed by atoms with E-state index in [-0.39, 0.29) is 0 Å². The van der Waals surface area contributed by atoms with Gasteiger partial charge in [0.15, 0.2) is 5.58 Å². The second kappa shape index (κ2) is 2.97. The minimum atomic E-state index is 0.714. The fourth-order valence-corrected chi connectivity index (χ4v) is 2.09. The highest BCUT2D eigenvalue weighted by Gasteiger charge is 2.09. The number of pyridine rings is 1. The van der Waals surface area contributed by atoms with Crippen LogP contribution >= 0.6 is 11.6 Å². The van der Waals surface area contributed by atoms with E-state index in [1.807, 2.05) is 31.2 Å². The summed E-state index contributed by atoms with van der Waals surface area (Å²) in [5.41, 5.74) is 1.64. The van der Waals surface area contributed by atoms with Crippen molar-refractivity contribution < 1.29 is 4.42 Å². The summed E-state index contributed by atoms with van der Waals surface area (Å²) >= 11 is 6.16. The molecule has 0 amide bonds. The van der Waals surface area contributed by atoms with E-state index in [2.05, 4.69) is 4.98 Å². The third-order valence-electron chi connectivity index (χ3n) is 2.45. The molecule has 74 valence electrons. The quantitative estimate of drug-likeness (QED) is 0.570. The Labute approximate surface area is 91.5 Å². The van der Waals surface area contributed by atoms with Gasteiger partial charge in [0.2, 0.25) is 0 Å². The highest BCUT2D eigenvalue weighted by atomic mass is 35.5. The maximum absolute atomic E-state index is 6.16. The fraction of sp³-hybridized carbons (Fsp3) is 0.0833. The summed E-state index contributed by atoms with van der Waals surface area (Å²) in [5, 5.41) is 2.65. The second-order valence-corrected chi connectivity index (χ2v) is 3.94. The third-order valence-corrected chi connectivity index (χ3v) is 2.76. The topological polar surface area (TPSA) is 26.0 Å². The van der Waals surface area contributed by atoms with Crippen molar-refractivity contribution in [3.8, 4) is 0 Å². The first-order valence-electron chi connectivity index (χ1n) is 4.69. The summed E-state index contributed by atoms with van der Waals surface area (Å²) < 4.78 is 5.62. The number of aryl methyl sites for hydroxylation is 1. The minimum absolute atomic E-state index is 0.714. The van der Waals surface area contributed by atoms with E-state index in [1.165, 1.54) is 0 Å². The van der Waals surface area contributed by atoms with Crippen molar-refractivity contribution >= 4 is 33.5 Å². The van der Waals surface area contributed by atoms with Gasteiger partial charge in [-0.2, -0.15) is 0 Å². The number of benzene rings is 1. The van der Waals surface area contributed by atoms with Gasteiger partial charge in [-0.25, -0.2) is 0 Å². The molecule has 0 bridgehead atoms. The van der Waals surface area contributed by atoms with Gasteiger partial charge in [0.1, 0.15) is 11.3 Å². The lowest BCUT2D eigenvalue weighted by molar-refractivity contribution is 0.581. The number of furan rings is 1. The van der Waals surface area contributed by atoms with Gasteiger partial charge in [0, 0.05) is 17.0 Å². The van der Waals surface area contributed by atoms with Crippen molar-refractivity contribution in [1.29, 1.82) is 0 Å². The van der Waals surface area contributed by atoms with Crippen LogP contribution in [-0.4, -0.2) is 4.98 Å². The van der Waals surface area contributed by atoms with Crippen LogP contribution in [0, 0.1) is 6.92 Å². The maximum atomic E-state index is 6.16. The Morgan fingerprint density at radius 3 is 3.07 bits per heavy atom. The zero-order chi connectivity index (χ0) is 10.4. The van der Waals surface area contributed by atoms with Gasteiger partial charge in [0.25, 0.3) is 0 Å². The van der Waals surface area contributed by atoms with Crippen LogP contribution in [0.3, 0.4) is 0 Å². The Morgan fingerprint density at radius 1 is 1.33 bits per heavy atom. The third kappa shape index (κ3) is 1.22. The molecule has 0 aliphatic rings. The van der Waals surface area contributed by atoms with E-state index in [4.69, 9.17) is 16.0 Å². The summed E-state index contributed by atoms with van der Waals surface area (Å²) in [6.07, 6.45) is 1.75. The largest absolute Gasteiger partial charge is 0.459 e. The van der Waals surface area contributed by atoms with Crippen LogP contribution in [0.4, 0.5) is 0 Å². The number of hydrogen-bond donors (Lipinski definition) is 0. The Bertz CT molecular complexity index is 657. The van der Waals surface area contributed by atoms with Crippen molar-refractivity contribution in [3.63, 3.8) is 0 Å². The van der Waals surface area contributed by atoms with E-state index in [1.54, 1.807) is 6.20 Å². The standard InChI is InChI=1S/C12H8ClNO/c1-7-5-8-6-10(13)9-3-2-4-14-11(9)12(8)15-7/h2-6H,1H3. The summed E-state index contributed by atoms with van der Waals surface area (Å²) in [6, 6.07) is 7.70. The Balaban J connectivity index is 2.62. The van der Waals surface area contributed by atoms with Crippen LogP contribution in [0.5, 0.6) is 0 Å². The van der Waals surface area contributed by atoms with Crippen molar-refractivity contribution in [2.24, 2.45) is 0 Å². The SMILES string of the molecule is Cc1cc2cc(Cl)c3cccnc3c2o1. The maximum Gasteiger partial charge on any atom is 0.160 e. The monoisotopic (exact) mass is 217 g/mol. The first kappa shape index (κ1) is 8.74. The zero-order valence-electron chi connectivity index (χ0n) is 8.12. The molecular weight excluding hydrogens is 210 g/mol. The van der Waals surface area contributed by atoms with Crippen molar-refractivity contribution in [2.45, 2.75) is 6.92 Å². The predicted molar refractivity (Wildman–Crippen MR) is 61.3 cm³/mol. The summed E-state index contributed by atoms with van der Waals surface area (Å²) in [4.78, 5) is 4.31. The molecule has 0 saturated heterocycles. The fourth-order valence-electron chi connectivity index (χ4n) is 1.82. The molecule has 0 atom stereocenters. The number of nitrogens with zero attached hydrogens (tertiary/aromatic N) is 1. The number of rotatable bonds is 0. The molecule has 2 heterocycles. The summed E-state index contributed by atoms with van der Waals surface area (Å²) in [6.45, 7) is 1.92. The lowest BCUT2D eigenvalue weighted by atomic mass is 10.1. The average molecular weight is 218 g/mol. The molecule has 0 saturated carbocycles. The minimum Gasteiger partial charge on any atom is -0.459 e. The molecule has 0 aliphatic carbocycles. The molecular formula is C12H8ClNO. The summed E-state index contributed by atoms with van der Waals surface area (Å²) in [5.74, 6) is 0.874. The Hall–Kier alpha value is -1.54. The van der Waals surface area contributed by atoms with Crippen LogP contribution < -0.4 is 0 Å². The van der Waals surface area contributed by atoms with Crippen LogP contribution in [0.2, 0.25) is 5.02 Å². The van der Waals surface area contributed by atoms with E-state index in [0.717, 1.165) is 27.6 Å². The molecule has 1 aromatic carbocycles. The van der Waals surface area contributed by atoms with Crippen LogP contribution in [0.15, 0.2) is 34.9 Å². The van der Waals surface area contributed by atoms with E-state index < -0.39 is 0 Å². The van der Waals surface area contributed by atoms with E-state index in [0.29, 0.717) is 5.02 Å². The number of aromatic nitrogens is 1. The lowest BCUT2D eigenvalue weighted by Gasteiger charge is -1.99. The Kier molecular flexibility index (Phi) is 1.73. The normalized spacial score (nSPS) is 11.3. The number of fused-ring (bicyclic) bond motifs is 3. The first-order valence-corrected chi connectivity index (χ1v) is 5.07. The molecule has 3 rings (SSSR count). The highest BCUT2D eigenvalue weighted by molar-refractivity contribution is 6.37. The van der Waals surface area contributed by atoms with Gasteiger partial charge in [-0.1, -0.05) is 11.6 Å². The first-order chi connectivity index (χ1) is 7.25. The van der Waals surface area contributed by atoms with Crippen molar-refractivity contribution in [2.75, 3.05) is 0 Å². The van der Waals surface area contributed by atoms with Gasteiger partial charge in [-0.05, 0) is 31.2 Å². The number of halogens is 1. The van der Waals surface area contributed by atoms with E-state index >= 15 is 0 Å². The van der Waals surface area contributed by atoms with Crippen molar-refractivity contribution in [1.82, 2.24) is 4.98 Å². The zero-order valence-corrected chi connectivity index (χ0v) is 8.88. The molecule has 0 aliphatic heterocycles. The summed E-state index contributed by atoms with van der Waals surface area (Å²) in [7, 11) is 0. The molecule has 15 heavy (non-hydrogen) atoms. The van der Waals surface area contributed by atoms with E-state index in [9.17, 15) is 0 Å². The lowest BCUT2D eigenvalue weighted by Crippen LogP contribution is -1.79. The van der Waals surface area contributed by atoms with Crippen LogP contribution in [0.1, 0.15) is 5.76 Å². The molecule has 2 aromatic heterocycles. The molecule has 2 nitrogen and oxygen atoms in total. The van der Waals surface area contributed by atoms with Crippen LogP contribution in [-0.2, 0) is 0 Å². The van der Waals surface area contributed by atoms with Gasteiger partial charge >= 0.3 is 0 Å². The van der Waals surface area contributed by atoms with Crippen molar-refractivity contribution in [3.05, 3.63) is 41.2 Å². The van der Waals surface area contributed by atoms with Crippen LogP contribution in [0.25, 0.3) is 21.9 Å².